The van der Waals surface area contributed by atoms with Gasteiger partial charge >= 0.3 is 6.61 Å². The monoisotopic (exact) mass is 362 g/mol. The van der Waals surface area contributed by atoms with Crippen LogP contribution in [0, 0.1) is 17.1 Å². The maximum Gasteiger partial charge on any atom is 0.387 e. The van der Waals surface area contributed by atoms with E-state index in [4.69, 9.17) is 4.74 Å². The Morgan fingerprint density at radius 2 is 1.88 bits per heavy atom. The van der Waals surface area contributed by atoms with Crippen molar-refractivity contribution in [3.8, 4) is 17.6 Å². The summed E-state index contributed by atoms with van der Waals surface area (Å²) in [7, 11) is 1.29. The molecule has 2 aromatic carbocycles. The molecule has 5 nitrogen and oxygen atoms in total. The summed E-state index contributed by atoms with van der Waals surface area (Å²) in [5.74, 6) is -1.35. The number of anilines is 1. The van der Waals surface area contributed by atoms with E-state index in [-0.39, 0.29) is 22.6 Å². The first kappa shape index (κ1) is 18.9. The average Bonchev–Trinajstić information content (AvgIpc) is 2.61. The number of benzene rings is 2. The van der Waals surface area contributed by atoms with E-state index in [1.807, 2.05) is 0 Å². The molecule has 0 spiro atoms. The van der Waals surface area contributed by atoms with Crippen LogP contribution in [-0.4, -0.2) is 19.6 Å². The van der Waals surface area contributed by atoms with Crippen molar-refractivity contribution in [2.24, 2.45) is 0 Å². The third kappa shape index (κ3) is 5.01. The third-order valence-corrected chi connectivity index (χ3v) is 3.18. The fraction of sp³-hybridized carbons (Fsp3) is 0.111. The molecule has 2 rings (SSSR count). The summed E-state index contributed by atoms with van der Waals surface area (Å²) in [5.41, 5.74) is 0.309. The SMILES string of the molecule is COc1ccc(/C=C(\C#N)C(=O)Nc2ccc(F)cc2)cc1OC(F)F. The molecule has 134 valence electrons. The van der Waals surface area contributed by atoms with Crippen LogP contribution in [0.5, 0.6) is 11.5 Å². The number of nitriles is 1. The number of hydrogen-bond acceptors (Lipinski definition) is 4. The van der Waals surface area contributed by atoms with E-state index in [0.29, 0.717) is 5.69 Å². The lowest BCUT2D eigenvalue weighted by molar-refractivity contribution is -0.112. The summed E-state index contributed by atoms with van der Waals surface area (Å²) in [4.78, 5) is 12.1. The first-order valence-corrected chi connectivity index (χ1v) is 7.24. The van der Waals surface area contributed by atoms with Gasteiger partial charge in [-0.2, -0.15) is 14.0 Å². The lowest BCUT2D eigenvalue weighted by Crippen LogP contribution is -2.13. The number of hydrogen-bond donors (Lipinski definition) is 1. The predicted molar refractivity (Wildman–Crippen MR) is 88.2 cm³/mol. The van der Waals surface area contributed by atoms with E-state index in [9.17, 15) is 23.2 Å². The largest absolute Gasteiger partial charge is 0.493 e. The van der Waals surface area contributed by atoms with Crippen LogP contribution >= 0.6 is 0 Å². The Hall–Kier alpha value is -3.47. The Balaban J connectivity index is 2.25. The second-order valence-electron chi connectivity index (χ2n) is 4.92. The van der Waals surface area contributed by atoms with Crippen molar-refractivity contribution in [1.29, 1.82) is 5.26 Å². The van der Waals surface area contributed by atoms with Gasteiger partial charge in [0.2, 0.25) is 0 Å². The van der Waals surface area contributed by atoms with Crippen molar-refractivity contribution in [1.82, 2.24) is 0 Å². The molecule has 2 aromatic rings. The Morgan fingerprint density at radius 3 is 2.46 bits per heavy atom. The summed E-state index contributed by atoms with van der Waals surface area (Å²) in [5, 5.41) is 11.6. The van der Waals surface area contributed by atoms with Gasteiger partial charge in [-0.15, -0.1) is 0 Å². The van der Waals surface area contributed by atoms with E-state index in [1.165, 1.54) is 43.5 Å². The van der Waals surface area contributed by atoms with Crippen LogP contribution < -0.4 is 14.8 Å². The molecule has 26 heavy (non-hydrogen) atoms. The number of nitrogens with one attached hydrogen (secondary N) is 1. The minimum atomic E-state index is -3.06. The summed E-state index contributed by atoms with van der Waals surface area (Å²) >= 11 is 0. The number of carbonyl (C=O) groups is 1. The van der Waals surface area contributed by atoms with Crippen LogP contribution in [0.1, 0.15) is 5.56 Å². The second kappa shape index (κ2) is 8.58. The van der Waals surface area contributed by atoms with E-state index >= 15 is 0 Å². The molecule has 0 saturated heterocycles. The lowest BCUT2D eigenvalue weighted by atomic mass is 10.1. The minimum absolute atomic E-state index is 0.0803. The molecular formula is C18H13F3N2O3. The van der Waals surface area contributed by atoms with Gasteiger partial charge < -0.3 is 14.8 Å². The second-order valence-corrected chi connectivity index (χ2v) is 4.92. The molecule has 0 atom stereocenters. The Morgan fingerprint density at radius 1 is 1.19 bits per heavy atom. The van der Waals surface area contributed by atoms with Crippen molar-refractivity contribution in [2.45, 2.75) is 6.61 Å². The predicted octanol–water partition coefficient (Wildman–Crippen LogP) is 3.98. The number of alkyl halides is 2. The molecule has 1 N–H and O–H groups in total. The number of ether oxygens (including phenoxy) is 2. The molecule has 0 radical (unpaired) electrons. The van der Waals surface area contributed by atoms with Gasteiger partial charge in [-0.3, -0.25) is 4.79 Å². The van der Waals surface area contributed by atoms with Crippen LogP contribution in [0.4, 0.5) is 18.9 Å². The van der Waals surface area contributed by atoms with Crippen molar-refractivity contribution >= 4 is 17.7 Å². The van der Waals surface area contributed by atoms with Crippen molar-refractivity contribution in [3.63, 3.8) is 0 Å². The van der Waals surface area contributed by atoms with Gasteiger partial charge in [-0.05, 0) is 48.0 Å². The third-order valence-electron chi connectivity index (χ3n) is 3.18. The normalized spacial score (nSPS) is 11.0. The molecular weight excluding hydrogens is 349 g/mol. The van der Waals surface area contributed by atoms with Crippen molar-refractivity contribution in [3.05, 3.63) is 59.4 Å². The number of amides is 1. The van der Waals surface area contributed by atoms with Gasteiger partial charge in [-0.25, -0.2) is 4.39 Å². The van der Waals surface area contributed by atoms with Crippen LogP contribution in [0.25, 0.3) is 6.08 Å². The zero-order chi connectivity index (χ0) is 19.1. The number of carbonyl (C=O) groups excluding carboxylic acids is 1. The van der Waals surface area contributed by atoms with E-state index < -0.39 is 18.3 Å². The van der Waals surface area contributed by atoms with Gasteiger partial charge in [0, 0.05) is 5.69 Å². The lowest BCUT2D eigenvalue weighted by Gasteiger charge is -2.10. The number of methoxy groups -OCH3 is 1. The standard InChI is InChI=1S/C18H13F3N2O3/c1-25-15-7-2-11(9-16(15)26-18(20)21)8-12(10-22)17(24)23-14-5-3-13(19)4-6-14/h2-9,18H,1H3,(H,23,24)/b12-8+. The molecule has 0 aliphatic carbocycles. The van der Waals surface area contributed by atoms with Crippen LogP contribution in [0.15, 0.2) is 48.0 Å². The van der Waals surface area contributed by atoms with Crippen LogP contribution in [0.3, 0.4) is 0 Å². The highest BCUT2D eigenvalue weighted by atomic mass is 19.3. The first-order valence-electron chi connectivity index (χ1n) is 7.24. The number of nitrogens with zero attached hydrogens (tertiary/aromatic N) is 1. The van der Waals surface area contributed by atoms with Gasteiger partial charge in [0.15, 0.2) is 11.5 Å². The molecule has 0 aromatic heterocycles. The van der Waals surface area contributed by atoms with Crippen molar-refractivity contribution in [2.75, 3.05) is 12.4 Å². The summed E-state index contributed by atoms with van der Waals surface area (Å²) < 4.78 is 47.1. The zero-order valence-electron chi connectivity index (χ0n) is 13.5. The highest BCUT2D eigenvalue weighted by molar-refractivity contribution is 6.09. The van der Waals surface area contributed by atoms with E-state index in [2.05, 4.69) is 10.1 Å². The van der Waals surface area contributed by atoms with Gasteiger partial charge in [0.05, 0.1) is 7.11 Å². The molecule has 0 fully saturated rings. The fourth-order valence-corrected chi connectivity index (χ4v) is 2.02. The van der Waals surface area contributed by atoms with Gasteiger partial charge in [0.25, 0.3) is 5.91 Å². The first-order chi connectivity index (χ1) is 12.4. The highest BCUT2D eigenvalue weighted by Crippen LogP contribution is 2.30. The molecule has 0 unspecified atom stereocenters. The maximum absolute atomic E-state index is 12.9. The molecule has 8 heteroatoms. The average molecular weight is 362 g/mol. The smallest absolute Gasteiger partial charge is 0.387 e. The quantitative estimate of drug-likeness (QED) is 0.623. The molecule has 0 saturated carbocycles. The number of rotatable bonds is 6. The topological polar surface area (TPSA) is 71.3 Å². The Kier molecular flexibility index (Phi) is 6.22. The van der Waals surface area contributed by atoms with Gasteiger partial charge in [0.1, 0.15) is 17.5 Å². The molecule has 0 heterocycles. The summed E-state index contributed by atoms with van der Waals surface area (Å²) in [6.07, 6.45) is 1.20. The fourth-order valence-electron chi connectivity index (χ4n) is 2.02. The molecule has 0 aliphatic rings. The van der Waals surface area contributed by atoms with E-state index in [1.54, 1.807) is 6.07 Å². The Labute approximate surface area is 147 Å². The van der Waals surface area contributed by atoms with Gasteiger partial charge in [-0.1, -0.05) is 6.07 Å². The minimum Gasteiger partial charge on any atom is -0.493 e. The van der Waals surface area contributed by atoms with E-state index in [0.717, 1.165) is 12.1 Å². The van der Waals surface area contributed by atoms with Crippen LogP contribution in [0.2, 0.25) is 0 Å². The van der Waals surface area contributed by atoms with Crippen LogP contribution in [-0.2, 0) is 4.79 Å². The molecule has 0 aliphatic heterocycles. The highest BCUT2D eigenvalue weighted by Gasteiger charge is 2.13. The number of halogens is 3. The maximum atomic E-state index is 12.9. The molecule has 1 amide bonds. The zero-order valence-corrected chi connectivity index (χ0v) is 13.5. The van der Waals surface area contributed by atoms with Crippen molar-refractivity contribution < 1.29 is 27.4 Å². The summed E-state index contributed by atoms with van der Waals surface area (Å²) in [6, 6.07) is 10.8. The Bertz CT molecular complexity index is 859. The molecule has 0 bridgehead atoms. The summed E-state index contributed by atoms with van der Waals surface area (Å²) in [6.45, 7) is -3.06.